The molecule has 0 radical (unpaired) electrons. The molecule has 5 nitrogen and oxygen atoms in total. The molecule has 0 amide bonds. The van der Waals surface area contributed by atoms with Crippen molar-refractivity contribution in [1.29, 1.82) is 0 Å². The van der Waals surface area contributed by atoms with Crippen LogP contribution in [0.4, 0.5) is 0 Å². The Morgan fingerprint density at radius 1 is 1.32 bits per heavy atom. The highest BCUT2D eigenvalue weighted by Gasteiger charge is 2.09. The summed E-state index contributed by atoms with van der Waals surface area (Å²) in [6.07, 6.45) is 1.25. The second-order valence-electron chi connectivity index (χ2n) is 5.27. The van der Waals surface area contributed by atoms with E-state index < -0.39 is 9.84 Å². The fraction of sp³-hybridized carbons (Fsp3) is 0.692. The Morgan fingerprint density at radius 2 is 1.95 bits per heavy atom. The third kappa shape index (κ3) is 7.34. The van der Waals surface area contributed by atoms with Crippen LogP contribution in [-0.4, -0.2) is 45.0 Å². The molecule has 0 aromatic carbocycles. The minimum atomic E-state index is -2.91. The quantitative estimate of drug-likeness (QED) is 0.780. The Balaban J connectivity index is 2.40. The molecule has 0 saturated heterocycles. The zero-order valence-corrected chi connectivity index (χ0v) is 13.0. The van der Waals surface area contributed by atoms with E-state index in [-0.39, 0.29) is 5.75 Å². The van der Waals surface area contributed by atoms with Gasteiger partial charge in [0, 0.05) is 18.8 Å². The van der Waals surface area contributed by atoms with Gasteiger partial charge in [0.25, 0.3) is 0 Å². The van der Waals surface area contributed by atoms with Gasteiger partial charge in [-0.05, 0) is 19.2 Å². The van der Waals surface area contributed by atoms with Gasteiger partial charge >= 0.3 is 0 Å². The fourth-order valence-corrected chi connectivity index (χ4v) is 2.22. The number of furan rings is 1. The first-order valence-electron chi connectivity index (χ1n) is 6.43. The summed E-state index contributed by atoms with van der Waals surface area (Å²) in [6, 6.07) is 4.31. The van der Waals surface area contributed by atoms with Crippen molar-refractivity contribution in [2.75, 3.05) is 25.6 Å². The van der Waals surface area contributed by atoms with E-state index in [1.54, 1.807) is 0 Å². The lowest BCUT2D eigenvalue weighted by Gasteiger charge is -2.14. The number of nitrogens with one attached hydrogen (secondary N) is 1. The predicted octanol–water partition coefficient (Wildman–Crippen LogP) is 1.25. The molecule has 0 fully saturated rings. The van der Waals surface area contributed by atoms with E-state index in [0.29, 0.717) is 25.7 Å². The van der Waals surface area contributed by atoms with E-state index in [9.17, 15) is 8.42 Å². The summed E-state index contributed by atoms with van der Waals surface area (Å²) in [5.41, 5.74) is 0. The average molecular weight is 288 g/mol. The van der Waals surface area contributed by atoms with E-state index in [0.717, 1.165) is 11.5 Å². The average Bonchev–Trinajstić information content (AvgIpc) is 2.70. The maximum Gasteiger partial charge on any atom is 0.148 e. The summed E-state index contributed by atoms with van der Waals surface area (Å²) in [5, 5.41) is 3.29. The molecular formula is C13H24N2O3S. The topological polar surface area (TPSA) is 62.6 Å². The molecule has 0 aliphatic carbocycles. The lowest BCUT2D eigenvalue weighted by Crippen LogP contribution is -2.24. The van der Waals surface area contributed by atoms with Gasteiger partial charge in [0.05, 0.1) is 18.8 Å². The van der Waals surface area contributed by atoms with Gasteiger partial charge in [-0.25, -0.2) is 8.42 Å². The van der Waals surface area contributed by atoms with Gasteiger partial charge in [-0.2, -0.15) is 0 Å². The maximum absolute atomic E-state index is 11.1. The first kappa shape index (κ1) is 16.2. The molecule has 0 bridgehead atoms. The van der Waals surface area contributed by atoms with E-state index in [1.165, 1.54) is 6.26 Å². The smallest absolute Gasteiger partial charge is 0.148 e. The molecule has 0 saturated carbocycles. The standard InChI is InChI=1S/C13H24N2O3S/c1-11(2)14-9-12-5-6-13(18-12)10-15(3)7-8-19(4,16)17/h5-6,11,14H,7-10H2,1-4H3. The number of hydrogen-bond acceptors (Lipinski definition) is 5. The lowest BCUT2D eigenvalue weighted by atomic mass is 10.3. The van der Waals surface area contributed by atoms with Crippen LogP contribution in [0.2, 0.25) is 0 Å². The van der Waals surface area contributed by atoms with Crippen LogP contribution in [0.15, 0.2) is 16.5 Å². The van der Waals surface area contributed by atoms with Crippen LogP contribution in [0.5, 0.6) is 0 Å². The minimum absolute atomic E-state index is 0.173. The van der Waals surface area contributed by atoms with Crippen LogP contribution in [0.3, 0.4) is 0 Å². The summed E-state index contributed by atoms with van der Waals surface area (Å²) in [5.74, 6) is 1.93. The van der Waals surface area contributed by atoms with Crippen molar-refractivity contribution in [3.63, 3.8) is 0 Å². The summed E-state index contributed by atoms with van der Waals surface area (Å²) >= 11 is 0. The van der Waals surface area contributed by atoms with Gasteiger partial charge < -0.3 is 9.73 Å². The van der Waals surface area contributed by atoms with Crippen LogP contribution in [-0.2, 0) is 22.9 Å². The first-order valence-corrected chi connectivity index (χ1v) is 8.49. The van der Waals surface area contributed by atoms with Gasteiger partial charge in [0.2, 0.25) is 0 Å². The van der Waals surface area contributed by atoms with Gasteiger partial charge in [0.1, 0.15) is 21.4 Å². The molecule has 1 rings (SSSR count). The van der Waals surface area contributed by atoms with E-state index in [2.05, 4.69) is 19.2 Å². The molecule has 1 N–H and O–H groups in total. The molecule has 1 aromatic heterocycles. The number of rotatable bonds is 8. The SMILES string of the molecule is CC(C)NCc1ccc(CN(C)CCS(C)(=O)=O)o1. The van der Waals surface area contributed by atoms with Crippen molar-refractivity contribution < 1.29 is 12.8 Å². The van der Waals surface area contributed by atoms with E-state index >= 15 is 0 Å². The highest BCUT2D eigenvalue weighted by atomic mass is 32.2. The normalized spacial score (nSPS) is 12.5. The lowest BCUT2D eigenvalue weighted by molar-refractivity contribution is 0.302. The molecule has 0 unspecified atom stereocenters. The fourth-order valence-electron chi connectivity index (χ4n) is 1.57. The molecular weight excluding hydrogens is 264 g/mol. The molecule has 1 aromatic rings. The van der Waals surface area contributed by atoms with E-state index in [4.69, 9.17) is 4.42 Å². The third-order valence-corrected chi connectivity index (χ3v) is 3.60. The third-order valence-electron chi connectivity index (χ3n) is 2.67. The van der Waals surface area contributed by atoms with Crippen LogP contribution in [0, 0.1) is 0 Å². The molecule has 0 aliphatic rings. The molecule has 0 aliphatic heterocycles. The van der Waals surface area contributed by atoms with Gasteiger partial charge in [-0.3, -0.25) is 4.90 Å². The molecule has 1 heterocycles. The highest BCUT2D eigenvalue weighted by Crippen LogP contribution is 2.10. The second-order valence-corrected chi connectivity index (χ2v) is 7.53. The van der Waals surface area contributed by atoms with Crippen LogP contribution >= 0.6 is 0 Å². The molecule has 19 heavy (non-hydrogen) atoms. The Kier molecular flexibility index (Phi) is 6.03. The summed E-state index contributed by atoms with van der Waals surface area (Å²) in [4.78, 5) is 1.94. The molecule has 6 heteroatoms. The van der Waals surface area contributed by atoms with Crippen molar-refractivity contribution in [3.8, 4) is 0 Å². The van der Waals surface area contributed by atoms with Gasteiger partial charge in [-0.1, -0.05) is 13.8 Å². The number of nitrogens with zero attached hydrogens (tertiary/aromatic N) is 1. The van der Waals surface area contributed by atoms with Gasteiger partial charge in [-0.15, -0.1) is 0 Å². The van der Waals surface area contributed by atoms with Gasteiger partial charge in [0.15, 0.2) is 0 Å². The van der Waals surface area contributed by atoms with Crippen molar-refractivity contribution in [3.05, 3.63) is 23.7 Å². The second kappa shape index (κ2) is 7.07. The summed E-state index contributed by atoms with van der Waals surface area (Å²) in [7, 11) is -1.02. The number of hydrogen-bond donors (Lipinski definition) is 1. The first-order chi connectivity index (χ1) is 8.76. The number of sulfone groups is 1. The zero-order valence-electron chi connectivity index (χ0n) is 12.1. The molecule has 110 valence electrons. The van der Waals surface area contributed by atoms with Crippen molar-refractivity contribution in [2.45, 2.75) is 33.0 Å². The Bertz CT molecular complexity index is 480. The van der Waals surface area contributed by atoms with E-state index in [1.807, 2.05) is 24.1 Å². The monoisotopic (exact) mass is 288 g/mol. The van der Waals surface area contributed by atoms with Crippen LogP contribution < -0.4 is 5.32 Å². The Morgan fingerprint density at radius 3 is 2.53 bits per heavy atom. The summed E-state index contributed by atoms with van der Waals surface area (Å²) < 4.78 is 27.8. The van der Waals surface area contributed by atoms with Crippen LogP contribution in [0.1, 0.15) is 25.4 Å². The summed E-state index contributed by atoms with van der Waals surface area (Å²) in [6.45, 7) is 6.02. The zero-order chi connectivity index (χ0) is 14.5. The largest absolute Gasteiger partial charge is 0.463 e. The maximum atomic E-state index is 11.1. The highest BCUT2D eigenvalue weighted by molar-refractivity contribution is 7.90. The van der Waals surface area contributed by atoms with Crippen molar-refractivity contribution >= 4 is 9.84 Å². The Labute approximate surface area is 115 Å². The predicted molar refractivity (Wildman–Crippen MR) is 76.7 cm³/mol. The molecule has 0 spiro atoms. The van der Waals surface area contributed by atoms with Crippen molar-refractivity contribution in [2.24, 2.45) is 0 Å². The van der Waals surface area contributed by atoms with Crippen molar-refractivity contribution in [1.82, 2.24) is 10.2 Å². The van der Waals surface area contributed by atoms with Crippen LogP contribution in [0.25, 0.3) is 0 Å². The minimum Gasteiger partial charge on any atom is -0.463 e. The Hall–Kier alpha value is -0.850. The molecule has 0 atom stereocenters.